The summed E-state index contributed by atoms with van der Waals surface area (Å²) in [5.41, 5.74) is 9.86. The Balaban J connectivity index is 1.57. The van der Waals surface area contributed by atoms with Gasteiger partial charge < -0.3 is 15.6 Å². The molecule has 0 radical (unpaired) electrons. The third kappa shape index (κ3) is 6.02. The van der Waals surface area contributed by atoms with Crippen molar-refractivity contribution >= 4 is 34.1 Å². The Kier molecular flexibility index (Phi) is 8.95. The van der Waals surface area contributed by atoms with Gasteiger partial charge in [0.05, 0.1) is 0 Å². The van der Waals surface area contributed by atoms with Crippen molar-refractivity contribution in [2.75, 3.05) is 31.1 Å². The fraction of sp³-hybridized carbons (Fsp3) is 0.520. The highest BCUT2D eigenvalue weighted by Crippen LogP contribution is 2.32. The molecule has 1 saturated heterocycles. The average Bonchev–Trinajstić information content (AvgIpc) is 3.46. The minimum Gasteiger partial charge on any atom is -0.402 e. The van der Waals surface area contributed by atoms with Gasteiger partial charge in [0.25, 0.3) is 0 Å². The lowest BCUT2D eigenvalue weighted by molar-refractivity contribution is 0.192. The molecule has 3 heterocycles. The highest BCUT2D eigenvalue weighted by molar-refractivity contribution is 7.15. The molecule has 1 aliphatic rings. The number of piperidine rings is 1. The number of hydrogen-bond donors (Lipinski definition) is 2. The number of anilines is 1. The summed E-state index contributed by atoms with van der Waals surface area (Å²) in [4.78, 5) is 18.4. The molecule has 3 N–H and O–H groups in total. The standard InChI is InChI=1S/C25H36N6S/c1-5-8-14-31(13-6-2)25-29-17-21(32-25)18-30-15-10-20(11-16-30)23(26)19(4)22-9-12-28-24(22)27-7-3/h1,7,9,12,17,20,28H,6,8,10-11,13-16,18,26H2,2-4H3/b23-19+,27-7-. The fourth-order valence-electron chi connectivity index (χ4n) is 4.27. The normalized spacial score (nSPS) is 16.3. The summed E-state index contributed by atoms with van der Waals surface area (Å²) in [6.45, 7) is 11.2. The number of nitrogens with one attached hydrogen (secondary N) is 1. The van der Waals surface area contributed by atoms with Crippen molar-refractivity contribution in [3.63, 3.8) is 0 Å². The van der Waals surface area contributed by atoms with Crippen LogP contribution in [-0.2, 0) is 6.54 Å². The summed E-state index contributed by atoms with van der Waals surface area (Å²) in [5, 5.41) is 1.09. The molecule has 0 aliphatic carbocycles. The van der Waals surface area contributed by atoms with Crippen LogP contribution in [0.2, 0.25) is 0 Å². The van der Waals surface area contributed by atoms with Gasteiger partial charge in [-0.2, -0.15) is 0 Å². The Morgan fingerprint density at radius 1 is 1.44 bits per heavy atom. The molecule has 0 saturated carbocycles. The molecule has 3 rings (SSSR count). The molecule has 0 atom stereocenters. The molecule has 6 nitrogen and oxygen atoms in total. The van der Waals surface area contributed by atoms with E-state index in [1.807, 2.05) is 19.3 Å². The Labute approximate surface area is 196 Å². The second-order valence-corrected chi connectivity index (χ2v) is 9.40. The lowest BCUT2D eigenvalue weighted by Gasteiger charge is -2.32. The molecule has 7 heteroatoms. The summed E-state index contributed by atoms with van der Waals surface area (Å²) in [7, 11) is 0. The topological polar surface area (TPSA) is 73.5 Å². The molecule has 0 unspecified atom stereocenters. The van der Waals surface area contributed by atoms with Gasteiger partial charge in [-0.3, -0.25) is 4.90 Å². The van der Waals surface area contributed by atoms with Crippen molar-refractivity contribution in [3.8, 4) is 12.3 Å². The van der Waals surface area contributed by atoms with E-state index in [4.69, 9.17) is 12.2 Å². The molecule has 172 valence electrons. The van der Waals surface area contributed by atoms with Gasteiger partial charge in [-0.05, 0) is 57.8 Å². The number of hydrogen-bond acceptors (Lipinski definition) is 6. The Bertz CT molecular complexity index is 955. The van der Waals surface area contributed by atoms with Crippen LogP contribution in [0.1, 0.15) is 56.9 Å². The molecule has 2 aromatic heterocycles. The third-order valence-electron chi connectivity index (χ3n) is 6.06. The number of aromatic amines is 1. The maximum Gasteiger partial charge on any atom is 0.185 e. The van der Waals surface area contributed by atoms with E-state index in [1.165, 1.54) is 4.88 Å². The van der Waals surface area contributed by atoms with E-state index < -0.39 is 0 Å². The second kappa shape index (κ2) is 11.9. The molecule has 0 aromatic carbocycles. The molecular weight excluding hydrogens is 416 g/mol. The summed E-state index contributed by atoms with van der Waals surface area (Å²) < 4.78 is 0. The van der Waals surface area contributed by atoms with Crippen molar-refractivity contribution in [1.82, 2.24) is 14.9 Å². The first-order valence-electron chi connectivity index (χ1n) is 11.6. The van der Waals surface area contributed by atoms with Gasteiger partial charge in [-0.15, -0.1) is 23.7 Å². The lowest BCUT2D eigenvalue weighted by atomic mass is 9.90. The molecule has 0 spiro atoms. The van der Waals surface area contributed by atoms with E-state index in [9.17, 15) is 0 Å². The van der Waals surface area contributed by atoms with E-state index in [0.717, 1.165) is 86.2 Å². The van der Waals surface area contributed by atoms with Crippen LogP contribution in [0.15, 0.2) is 29.1 Å². The first-order valence-corrected chi connectivity index (χ1v) is 12.4. The number of H-pyrrole nitrogens is 1. The number of aromatic nitrogens is 2. The lowest BCUT2D eigenvalue weighted by Crippen LogP contribution is -2.35. The number of aliphatic imine (C=N–C) groups is 1. The van der Waals surface area contributed by atoms with Gasteiger partial charge in [0.2, 0.25) is 0 Å². The average molecular weight is 453 g/mol. The predicted molar refractivity (Wildman–Crippen MR) is 137 cm³/mol. The van der Waals surface area contributed by atoms with Crippen molar-refractivity contribution in [1.29, 1.82) is 0 Å². The van der Waals surface area contributed by atoms with Gasteiger partial charge in [-0.25, -0.2) is 9.98 Å². The van der Waals surface area contributed by atoms with Gasteiger partial charge in [-0.1, -0.05) is 6.92 Å². The number of allylic oxidation sites excluding steroid dienone is 2. The maximum atomic E-state index is 6.62. The molecule has 1 aliphatic heterocycles. The summed E-state index contributed by atoms with van der Waals surface area (Å²) >= 11 is 1.80. The Morgan fingerprint density at radius 3 is 2.91 bits per heavy atom. The minimum atomic E-state index is 0.417. The molecule has 0 bridgehead atoms. The van der Waals surface area contributed by atoms with Crippen molar-refractivity contribution in [2.45, 2.75) is 53.0 Å². The number of nitrogens with zero attached hydrogens (tertiary/aromatic N) is 4. The number of likely N-dealkylation sites (tertiary alicyclic amines) is 1. The van der Waals surface area contributed by atoms with E-state index in [0.29, 0.717) is 5.92 Å². The van der Waals surface area contributed by atoms with Gasteiger partial charge in [0.15, 0.2) is 5.13 Å². The van der Waals surface area contributed by atoms with E-state index in [1.54, 1.807) is 17.6 Å². The number of terminal acetylenes is 1. The first-order chi connectivity index (χ1) is 15.6. The number of rotatable bonds is 10. The van der Waals surface area contributed by atoms with Crippen molar-refractivity contribution < 1.29 is 0 Å². The first kappa shape index (κ1) is 24.1. The van der Waals surface area contributed by atoms with Crippen LogP contribution in [0.25, 0.3) is 5.57 Å². The third-order valence-corrected chi connectivity index (χ3v) is 7.10. The van der Waals surface area contributed by atoms with Gasteiger partial charge >= 0.3 is 0 Å². The Hall–Kier alpha value is -2.56. The molecule has 1 fully saturated rings. The number of nitrogens with two attached hydrogens (primary N) is 1. The zero-order chi connectivity index (χ0) is 22.9. The van der Waals surface area contributed by atoms with Gasteiger partial charge in [0.1, 0.15) is 5.82 Å². The summed E-state index contributed by atoms with van der Waals surface area (Å²) in [6.07, 6.45) is 15.2. The smallest absolute Gasteiger partial charge is 0.185 e. The van der Waals surface area contributed by atoms with Crippen LogP contribution in [-0.4, -0.2) is 47.3 Å². The van der Waals surface area contributed by atoms with Crippen LogP contribution >= 0.6 is 11.3 Å². The second-order valence-electron chi connectivity index (χ2n) is 8.31. The zero-order valence-electron chi connectivity index (χ0n) is 19.6. The van der Waals surface area contributed by atoms with Crippen molar-refractivity contribution in [2.24, 2.45) is 16.6 Å². The molecule has 2 aromatic rings. The zero-order valence-corrected chi connectivity index (χ0v) is 20.4. The van der Waals surface area contributed by atoms with Crippen LogP contribution in [0.5, 0.6) is 0 Å². The van der Waals surface area contributed by atoms with E-state index in [-0.39, 0.29) is 0 Å². The van der Waals surface area contributed by atoms with Crippen LogP contribution in [0.3, 0.4) is 0 Å². The predicted octanol–water partition coefficient (Wildman–Crippen LogP) is 5.04. The van der Waals surface area contributed by atoms with Crippen LogP contribution in [0.4, 0.5) is 10.9 Å². The monoisotopic (exact) mass is 452 g/mol. The largest absolute Gasteiger partial charge is 0.402 e. The quantitative estimate of drug-likeness (QED) is 0.391. The highest BCUT2D eigenvalue weighted by Gasteiger charge is 2.24. The van der Waals surface area contributed by atoms with Crippen LogP contribution < -0.4 is 10.6 Å². The highest BCUT2D eigenvalue weighted by atomic mass is 32.1. The fourth-order valence-corrected chi connectivity index (χ4v) is 5.28. The molecule has 32 heavy (non-hydrogen) atoms. The van der Waals surface area contributed by atoms with Crippen molar-refractivity contribution in [3.05, 3.63) is 34.6 Å². The summed E-state index contributed by atoms with van der Waals surface area (Å²) in [5.74, 6) is 4.04. The maximum absolute atomic E-state index is 6.62. The Morgan fingerprint density at radius 2 is 2.22 bits per heavy atom. The van der Waals surface area contributed by atoms with Crippen LogP contribution in [0, 0.1) is 18.3 Å². The molecular formula is C25H36N6S. The minimum absolute atomic E-state index is 0.417. The molecule has 0 amide bonds. The van der Waals surface area contributed by atoms with E-state index >= 15 is 0 Å². The van der Waals surface area contributed by atoms with Gasteiger partial charge in [0, 0.05) is 66.7 Å². The van der Waals surface area contributed by atoms with E-state index in [2.05, 4.69) is 50.6 Å². The summed E-state index contributed by atoms with van der Waals surface area (Å²) in [6, 6.07) is 2.06. The number of thiazole rings is 1. The SMILES string of the molecule is C#CCCN(CCC)c1ncc(CN2CCC(/C(N)=C(/C)c3cc[nH]c3/N=C\C)CC2)s1.